The zero-order chi connectivity index (χ0) is 37.4. The fraction of sp³-hybridized carbons (Fsp3) is 0.705. The summed E-state index contributed by atoms with van der Waals surface area (Å²) in [6.45, 7) is 7.93. The topological polar surface area (TPSA) is 136 Å². The summed E-state index contributed by atoms with van der Waals surface area (Å²) in [6.07, 6.45) is 20.0. The third-order valence-electron chi connectivity index (χ3n) is 12.9. The number of aryl methyl sites for hydroxylation is 1. The van der Waals surface area contributed by atoms with Gasteiger partial charge in [-0.1, -0.05) is 64.2 Å². The summed E-state index contributed by atoms with van der Waals surface area (Å²) in [7, 11) is 0. The van der Waals surface area contributed by atoms with Crippen LogP contribution in [-0.2, 0) is 11.2 Å². The minimum absolute atomic E-state index is 0.0239. The van der Waals surface area contributed by atoms with Crippen molar-refractivity contribution in [3.8, 4) is 11.5 Å². The van der Waals surface area contributed by atoms with E-state index in [4.69, 9.17) is 14.5 Å². The number of nitrogens with zero attached hydrogens (tertiary/aromatic N) is 1. The molecule has 1 aromatic carbocycles. The van der Waals surface area contributed by atoms with Gasteiger partial charge in [-0.15, -0.1) is 4.99 Å². The maximum absolute atomic E-state index is 10.9. The molecule has 3 saturated carbocycles. The van der Waals surface area contributed by atoms with Crippen LogP contribution in [0.2, 0.25) is 0 Å². The molecule has 7 atom stereocenters. The van der Waals surface area contributed by atoms with Crippen molar-refractivity contribution < 1.29 is 29.9 Å². The number of hydrogen-bond donors (Lipinski definition) is 6. The maximum atomic E-state index is 10.9. The Labute approximate surface area is 318 Å². The number of aliphatic hydroxyl groups excluding tert-OH is 3. The van der Waals surface area contributed by atoms with Crippen molar-refractivity contribution in [2.24, 2.45) is 28.2 Å². The number of likely N-dealkylation sites (N-methyl/N-ethyl adjacent to an activating group) is 1. The number of unbranched alkanes of at least 4 members (excludes halogenated alkanes) is 1. The Bertz CT molecular complexity index is 1420. The number of fused-ring (bicyclic) bond motifs is 3. The van der Waals surface area contributed by atoms with Crippen molar-refractivity contribution in [2.45, 2.75) is 141 Å². The fourth-order valence-corrected chi connectivity index (χ4v) is 10.4. The molecule has 1 unspecified atom stereocenters. The van der Waals surface area contributed by atoms with Gasteiger partial charge in [-0.2, -0.15) is 12.0 Å². The second kappa shape index (κ2) is 18.8. The summed E-state index contributed by atoms with van der Waals surface area (Å²) in [4.78, 5) is 5.48. The summed E-state index contributed by atoms with van der Waals surface area (Å²) in [5, 5.41) is 48.3. The lowest BCUT2D eigenvalue weighted by atomic mass is 9.65. The predicted molar refractivity (Wildman–Crippen MR) is 211 cm³/mol. The zero-order valence-corrected chi connectivity index (χ0v) is 32.6. The third kappa shape index (κ3) is 9.41. The average molecular weight is 734 g/mol. The quantitative estimate of drug-likeness (QED) is 0.0812. The highest BCUT2D eigenvalue weighted by atomic mass is 16.5. The average Bonchev–Trinajstić information content (AvgIpc) is 3.97. The lowest BCUT2D eigenvalue weighted by Crippen LogP contribution is -2.45. The molecule has 294 valence electrons. The summed E-state index contributed by atoms with van der Waals surface area (Å²) in [5.74, 6) is 3.97. The van der Waals surface area contributed by atoms with Crippen molar-refractivity contribution in [3.05, 3.63) is 59.2 Å². The van der Waals surface area contributed by atoms with Crippen molar-refractivity contribution in [1.29, 1.82) is 0 Å². The first-order chi connectivity index (χ1) is 25.8. The normalized spacial score (nSPS) is 26.4. The number of phenols is 1. The van der Waals surface area contributed by atoms with E-state index in [0.717, 1.165) is 81.2 Å². The van der Waals surface area contributed by atoms with Crippen LogP contribution in [0, 0.1) is 35.1 Å². The molecule has 1 spiro atoms. The molecule has 3 fully saturated rings. The molecular formula is C44H67N3O6. The van der Waals surface area contributed by atoms with Gasteiger partial charge in [-0.05, 0) is 99.8 Å². The third-order valence-corrected chi connectivity index (χ3v) is 12.9. The highest BCUT2D eigenvalue weighted by Crippen LogP contribution is 2.61. The molecule has 0 aromatic heterocycles. The SMILES string of the molecule is CCCCC1OC(CCc2ccc(O)c(OC[C@H](NCC)[C+]3C=C4C(=N3)CC3(CCCC3)[C@@H]3CCC[C@@H]3[C@@H]4[C@H](CCCO)NC[C@H](C)O)c2)=C[C-]1CO. The van der Waals surface area contributed by atoms with Crippen LogP contribution in [0.15, 0.2) is 46.7 Å². The van der Waals surface area contributed by atoms with Gasteiger partial charge in [-0.25, -0.2) is 0 Å². The number of ether oxygens (including phenoxy) is 2. The number of allylic oxidation sites excluding steroid dienone is 1. The molecular weight excluding hydrogens is 666 g/mol. The molecule has 9 heteroatoms. The van der Waals surface area contributed by atoms with E-state index in [1.165, 1.54) is 56.2 Å². The first-order valence-electron chi connectivity index (χ1n) is 21.0. The Balaban J connectivity index is 1.20. The van der Waals surface area contributed by atoms with Crippen molar-refractivity contribution >= 4 is 5.71 Å². The van der Waals surface area contributed by atoms with E-state index in [1.54, 1.807) is 6.07 Å². The van der Waals surface area contributed by atoms with E-state index in [-0.39, 0.29) is 43.1 Å². The molecule has 2 heterocycles. The largest absolute Gasteiger partial charge is 0.592 e. The number of benzene rings is 1. The van der Waals surface area contributed by atoms with Crippen LogP contribution in [0.4, 0.5) is 0 Å². The Morgan fingerprint density at radius 3 is 2.66 bits per heavy atom. The zero-order valence-electron chi connectivity index (χ0n) is 32.6. The summed E-state index contributed by atoms with van der Waals surface area (Å²) in [6, 6.07) is 6.59. The maximum Gasteiger partial charge on any atom is 0.190 e. The van der Waals surface area contributed by atoms with E-state index < -0.39 is 6.10 Å². The molecule has 0 radical (unpaired) electrons. The first-order valence-corrected chi connectivity index (χ1v) is 21.0. The van der Waals surface area contributed by atoms with Crippen molar-refractivity contribution in [2.75, 3.05) is 32.9 Å². The lowest BCUT2D eigenvalue weighted by molar-refractivity contribution is 0.0992. The first kappa shape index (κ1) is 40.0. The Morgan fingerprint density at radius 2 is 1.92 bits per heavy atom. The summed E-state index contributed by atoms with van der Waals surface area (Å²) in [5.41, 5.74) is 3.96. The Morgan fingerprint density at radius 1 is 1.09 bits per heavy atom. The molecule has 2 aliphatic heterocycles. The highest BCUT2D eigenvalue weighted by Gasteiger charge is 2.58. The van der Waals surface area contributed by atoms with Gasteiger partial charge in [-0.3, -0.25) is 5.32 Å². The number of hydrogen-bond acceptors (Lipinski definition) is 9. The molecule has 1 aromatic rings. The van der Waals surface area contributed by atoms with Crippen LogP contribution in [0.1, 0.15) is 116 Å². The standard InChI is InChI=1S/C44H67N3O6/c1-4-6-14-41-31(27-49)23-32(53-41)17-15-30-16-18-40(51)42(22-30)52-28-39(45-5-2)37-24-34-38(47-37)25-44(19-7-8-20-44)35-12-9-11-33(35)43(34)36(13-10-21-48)46-26-29(3)50/h16,18,22-24,29,33,35-36,39,41,43,45-46,48-51H,4-15,17,19-21,25-28H2,1-3H3/t29-,33-,35+,36-,39-,41?,43-/m0/s1. The van der Waals surface area contributed by atoms with Crippen molar-refractivity contribution in [3.63, 3.8) is 0 Å². The van der Waals surface area contributed by atoms with Crippen LogP contribution in [0.5, 0.6) is 11.5 Å². The van der Waals surface area contributed by atoms with Crippen LogP contribution in [0.25, 0.3) is 0 Å². The van der Waals surface area contributed by atoms with E-state index >= 15 is 0 Å². The Hall–Kier alpha value is -2.69. The van der Waals surface area contributed by atoms with Gasteiger partial charge >= 0.3 is 0 Å². The van der Waals surface area contributed by atoms with Gasteiger partial charge in [0, 0.05) is 31.9 Å². The second-order valence-electron chi connectivity index (χ2n) is 16.6. The summed E-state index contributed by atoms with van der Waals surface area (Å²) >= 11 is 0. The van der Waals surface area contributed by atoms with Gasteiger partial charge in [0.05, 0.1) is 24.5 Å². The van der Waals surface area contributed by atoms with E-state index in [0.29, 0.717) is 36.2 Å². The number of phenolic OH excluding ortho intramolecular Hbond substituents is 1. The fourth-order valence-electron chi connectivity index (χ4n) is 10.4. The van der Waals surface area contributed by atoms with Crippen LogP contribution in [-0.4, -0.2) is 83.3 Å². The minimum Gasteiger partial charge on any atom is -0.592 e. The van der Waals surface area contributed by atoms with Crippen molar-refractivity contribution in [1.82, 2.24) is 10.6 Å². The lowest BCUT2D eigenvalue weighted by Gasteiger charge is -2.39. The molecule has 6 N–H and O–H groups in total. The predicted octanol–water partition coefficient (Wildman–Crippen LogP) is 6.74. The van der Waals surface area contributed by atoms with E-state index in [2.05, 4.69) is 30.6 Å². The van der Waals surface area contributed by atoms with E-state index in [1.807, 2.05) is 25.1 Å². The summed E-state index contributed by atoms with van der Waals surface area (Å²) < 4.78 is 12.6. The number of aliphatic imine (C=N–C) groups is 1. The van der Waals surface area contributed by atoms with Gasteiger partial charge < -0.3 is 35.2 Å². The van der Waals surface area contributed by atoms with Gasteiger partial charge in [0.2, 0.25) is 0 Å². The van der Waals surface area contributed by atoms with Gasteiger partial charge in [0.25, 0.3) is 0 Å². The van der Waals surface area contributed by atoms with Gasteiger partial charge in [0.15, 0.2) is 23.3 Å². The number of aromatic hydroxyl groups is 1. The van der Waals surface area contributed by atoms with Crippen LogP contribution >= 0.6 is 0 Å². The Kier molecular flexibility index (Phi) is 14.2. The monoisotopic (exact) mass is 734 g/mol. The van der Waals surface area contributed by atoms with Crippen LogP contribution < -0.4 is 15.4 Å². The molecule has 5 aliphatic rings. The molecule has 0 saturated heterocycles. The number of aliphatic hydroxyl groups is 3. The van der Waals surface area contributed by atoms with E-state index in [9.17, 15) is 20.4 Å². The minimum atomic E-state index is -0.440. The molecule has 53 heavy (non-hydrogen) atoms. The smallest absolute Gasteiger partial charge is 0.190 e. The van der Waals surface area contributed by atoms with Gasteiger partial charge in [0.1, 0.15) is 18.2 Å². The number of rotatable bonds is 20. The molecule has 3 aliphatic carbocycles. The second-order valence-corrected chi connectivity index (χ2v) is 16.6. The highest BCUT2D eigenvalue weighted by molar-refractivity contribution is 6.04. The number of nitrogens with one attached hydrogen (secondary N) is 2. The van der Waals surface area contributed by atoms with Crippen LogP contribution in [0.3, 0.4) is 0 Å². The molecule has 0 amide bonds. The molecule has 0 bridgehead atoms. The molecule has 9 nitrogen and oxygen atoms in total. The molecule has 6 rings (SSSR count).